The maximum absolute atomic E-state index is 12.0. The average Bonchev–Trinajstić information content (AvgIpc) is 2.98. The van der Waals surface area contributed by atoms with Crippen LogP contribution in [0.25, 0.3) is 11.1 Å². The number of carbonyl (C=O) groups excluding carboxylic acids is 2. The number of nitrogens with zero attached hydrogens (tertiary/aromatic N) is 1. The molecule has 0 saturated heterocycles. The highest BCUT2D eigenvalue weighted by Crippen LogP contribution is 2.22. The van der Waals surface area contributed by atoms with Gasteiger partial charge >= 0.3 is 5.97 Å². The number of hydrogen-bond acceptors (Lipinski definition) is 3. The predicted molar refractivity (Wildman–Crippen MR) is 97.2 cm³/mol. The Bertz CT molecular complexity index is 822. The summed E-state index contributed by atoms with van der Waals surface area (Å²) in [4.78, 5) is 36.0. The van der Waals surface area contributed by atoms with Crippen LogP contribution in [0, 0.1) is 0 Å². The smallest absolute Gasteiger partial charge is 0.303 e. The van der Waals surface area contributed by atoms with Crippen LogP contribution in [-0.2, 0) is 20.8 Å². The third kappa shape index (κ3) is 4.06. The quantitative estimate of drug-likeness (QED) is 0.780. The van der Waals surface area contributed by atoms with E-state index in [-0.39, 0.29) is 24.7 Å². The minimum Gasteiger partial charge on any atom is -0.481 e. The normalized spacial score (nSPS) is 14.7. The maximum atomic E-state index is 12.0. The molecule has 0 spiro atoms. The van der Waals surface area contributed by atoms with E-state index in [1.807, 2.05) is 54.6 Å². The van der Waals surface area contributed by atoms with Crippen LogP contribution >= 0.6 is 0 Å². The van der Waals surface area contributed by atoms with Crippen molar-refractivity contribution in [2.45, 2.75) is 25.3 Å². The molecule has 1 heterocycles. The lowest BCUT2D eigenvalue weighted by atomic mass is 9.97. The lowest BCUT2D eigenvalue weighted by Crippen LogP contribution is -2.41. The van der Waals surface area contributed by atoms with Crippen LogP contribution in [0.15, 0.2) is 66.7 Å². The van der Waals surface area contributed by atoms with Gasteiger partial charge in [-0.3, -0.25) is 19.3 Å². The number of benzene rings is 2. The highest BCUT2D eigenvalue weighted by atomic mass is 16.4. The van der Waals surface area contributed by atoms with E-state index in [0.717, 1.165) is 21.6 Å². The SMILES string of the molecule is O=C(O)CCC(Cc1ccc(-c2ccccc2)cc1)N1C(=O)C=CC1=O. The number of carbonyl (C=O) groups is 3. The zero-order valence-corrected chi connectivity index (χ0v) is 14.2. The Morgan fingerprint density at radius 2 is 1.46 bits per heavy atom. The van der Waals surface area contributed by atoms with Gasteiger partial charge in [0.2, 0.25) is 0 Å². The number of aliphatic carboxylic acids is 1. The van der Waals surface area contributed by atoms with Gasteiger partial charge in [0.15, 0.2) is 0 Å². The highest BCUT2D eigenvalue weighted by Gasteiger charge is 2.31. The van der Waals surface area contributed by atoms with Crippen molar-refractivity contribution in [2.75, 3.05) is 0 Å². The topological polar surface area (TPSA) is 74.7 Å². The summed E-state index contributed by atoms with van der Waals surface area (Å²) in [5, 5.41) is 8.96. The van der Waals surface area contributed by atoms with Gasteiger partial charge in [-0.15, -0.1) is 0 Å². The van der Waals surface area contributed by atoms with Crippen LogP contribution in [0.3, 0.4) is 0 Å². The van der Waals surface area contributed by atoms with Crippen molar-refractivity contribution in [3.05, 3.63) is 72.3 Å². The van der Waals surface area contributed by atoms with E-state index in [2.05, 4.69) is 0 Å². The molecule has 2 amide bonds. The van der Waals surface area contributed by atoms with Gasteiger partial charge in [-0.25, -0.2) is 0 Å². The largest absolute Gasteiger partial charge is 0.481 e. The van der Waals surface area contributed by atoms with Crippen molar-refractivity contribution in [2.24, 2.45) is 0 Å². The fourth-order valence-electron chi connectivity index (χ4n) is 3.12. The molecule has 0 saturated carbocycles. The molecule has 2 aromatic rings. The predicted octanol–water partition coefficient (Wildman–Crippen LogP) is 3.05. The average molecular weight is 349 g/mol. The number of rotatable bonds is 7. The summed E-state index contributed by atoms with van der Waals surface area (Å²) in [7, 11) is 0. The van der Waals surface area contributed by atoms with Gasteiger partial charge in [-0.2, -0.15) is 0 Å². The lowest BCUT2D eigenvalue weighted by molar-refractivity contribution is -0.142. The summed E-state index contributed by atoms with van der Waals surface area (Å²) < 4.78 is 0. The number of amides is 2. The summed E-state index contributed by atoms with van der Waals surface area (Å²) in [6, 6.07) is 17.4. The van der Waals surface area contributed by atoms with Crippen LogP contribution in [0.4, 0.5) is 0 Å². The first-order chi connectivity index (χ1) is 12.5. The molecule has 2 aromatic carbocycles. The van der Waals surface area contributed by atoms with Gasteiger partial charge in [0.05, 0.1) is 0 Å². The Balaban J connectivity index is 1.77. The molecule has 1 atom stereocenters. The van der Waals surface area contributed by atoms with E-state index in [9.17, 15) is 14.4 Å². The zero-order chi connectivity index (χ0) is 18.5. The van der Waals surface area contributed by atoms with Crippen LogP contribution < -0.4 is 0 Å². The molecule has 0 radical (unpaired) electrons. The zero-order valence-electron chi connectivity index (χ0n) is 14.2. The fourth-order valence-corrected chi connectivity index (χ4v) is 3.12. The Morgan fingerprint density at radius 3 is 2.04 bits per heavy atom. The Morgan fingerprint density at radius 1 is 0.885 bits per heavy atom. The molecule has 0 fully saturated rings. The first-order valence-electron chi connectivity index (χ1n) is 8.46. The second-order valence-corrected chi connectivity index (χ2v) is 6.23. The molecular weight excluding hydrogens is 330 g/mol. The second-order valence-electron chi connectivity index (χ2n) is 6.23. The minimum absolute atomic E-state index is 0.0934. The van der Waals surface area contributed by atoms with E-state index in [1.54, 1.807) is 0 Å². The molecule has 1 aliphatic rings. The first-order valence-corrected chi connectivity index (χ1v) is 8.46. The maximum Gasteiger partial charge on any atom is 0.303 e. The number of hydrogen-bond donors (Lipinski definition) is 1. The molecular formula is C21H19NO4. The molecule has 1 aliphatic heterocycles. The monoisotopic (exact) mass is 349 g/mol. The van der Waals surface area contributed by atoms with Gasteiger partial charge < -0.3 is 5.11 Å². The van der Waals surface area contributed by atoms with Gasteiger partial charge in [0.1, 0.15) is 0 Å². The van der Waals surface area contributed by atoms with Gasteiger partial charge in [-0.1, -0.05) is 54.6 Å². The first kappa shape index (κ1) is 17.6. The third-order valence-corrected chi connectivity index (χ3v) is 4.43. The second kappa shape index (κ2) is 7.78. The Kier molecular flexibility index (Phi) is 5.27. The Labute approximate surface area is 151 Å². The van der Waals surface area contributed by atoms with E-state index in [0.29, 0.717) is 6.42 Å². The standard InChI is InChI=1S/C21H19NO4/c23-19-11-12-20(24)22(19)18(10-13-21(25)26)14-15-6-8-17(9-7-15)16-4-2-1-3-5-16/h1-9,11-12,18H,10,13-14H2,(H,25,26). The molecule has 3 rings (SSSR count). The van der Waals surface area contributed by atoms with Crippen LogP contribution in [0.2, 0.25) is 0 Å². The molecule has 1 unspecified atom stereocenters. The summed E-state index contributed by atoms with van der Waals surface area (Å²) >= 11 is 0. The molecule has 1 N–H and O–H groups in total. The summed E-state index contributed by atoms with van der Waals surface area (Å²) in [6.45, 7) is 0. The van der Waals surface area contributed by atoms with Gasteiger partial charge in [0.25, 0.3) is 11.8 Å². The van der Waals surface area contributed by atoms with Crippen molar-refractivity contribution in [3.63, 3.8) is 0 Å². The summed E-state index contributed by atoms with van der Waals surface area (Å²) in [5.74, 6) is -1.71. The number of carboxylic acid groups (broad SMARTS) is 1. The van der Waals surface area contributed by atoms with Crippen molar-refractivity contribution in [3.8, 4) is 11.1 Å². The summed E-state index contributed by atoms with van der Waals surface area (Å²) in [6.07, 6.45) is 3.03. The highest BCUT2D eigenvalue weighted by molar-refractivity contribution is 6.13. The van der Waals surface area contributed by atoms with Crippen LogP contribution in [-0.4, -0.2) is 33.8 Å². The molecule has 5 heteroatoms. The molecule has 0 aliphatic carbocycles. The van der Waals surface area contributed by atoms with Gasteiger partial charge in [0, 0.05) is 24.6 Å². The van der Waals surface area contributed by atoms with Crippen molar-refractivity contribution in [1.29, 1.82) is 0 Å². The molecule has 5 nitrogen and oxygen atoms in total. The molecule has 132 valence electrons. The number of imide groups is 1. The van der Waals surface area contributed by atoms with E-state index in [4.69, 9.17) is 5.11 Å². The van der Waals surface area contributed by atoms with E-state index < -0.39 is 12.0 Å². The van der Waals surface area contributed by atoms with Crippen molar-refractivity contribution >= 4 is 17.8 Å². The van der Waals surface area contributed by atoms with Crippen molar-refractivity contribution < 1.29 is 19.5 Å². The lowest BCUT2D eigenvalue weighted by Gasteiger charge is -2.26. The van der Waals surface area contributed by atoms with Crippen LogP contribution in [0.5, 0.6) is 0 Å². The van der Waals surface area contributed by atoms with Crippen molar-refractivity contribution in [1.82, 2.24) is 4.90 Å². The molecule has 26 heavy (non-hydrogen) atoms. The van der Waals surface area contributed by atoms with Gasteiger partial charge in [-0.05, 0) is 29.5 Å². The van der Waals surface area contributed by atoms with E-state index >= 15 is 0 Å². The Hall–Kier alpha value is -3.21. The number of carboxylic acids is 1. The third-order valence-electron chi connectivity index (χ3n) is 4.43. The fraction of sp³-hybridized carbons (Fsp3) is 0.190. The molecule has 0 aromatic heterocycles. The summed E-state index contributed by atoms with van der Waals surface area (Å²) in [5.41, 5.74) is 3.13. The van der Waals surface area contributed by atoms with E-state index in [1.165, 1.54) is 12.2 Å². The molecule has 0 bridgehead atoms. The minimum atomic E-state index is -0.943. The van der Waals surface area contributed by atoms with Crippen LogP contribution in [0.1, 0.15) is 18.4 Å².